The van der Waals surface area contributed by atoms with Crippen molar-refractivity contribution in [2.24, 2.45) is 0 Å². The Hall–Kier alpha value is 0.250. The van der Waals surface area contributed by atoms with Crippen LogP contribution in [0.25, 0.3) is 0 Å². The minimum atomic E-state index is 0.0324. The fourth-order valence-corrected chi connectivity index (χ4v) is 2.10. The number of rotatable bonds is 0. The predicted octanol–water partition coefficient (Wildman–Crippen LogP) is 1.47. The third-order valence-corrected chi connectivity index (χ3v) is 2.73. The third-order valence-electron chi connectivity index (χ3n) is 2.24. The van der Waals surface area contributed by atoms with Crippen LogP contribution >= 0.6 is 11.6 Å². The summed E-state index contributed by atoms with van der Waals surface area (Å²) in [4.78, 5) is 0.0324. The van der Waals surface area contributed by atoms with E-state index in [0.717, 1.165) is 6.04 Å². The van der Waals surface area contributed by atoms with Gasteiger partial charge in [0.05, 0.1) is 5.00 Å². The van der Waals surface area contributed by atoms with Crippen LogP contribution in [0.2, 0.25) is 0 Å². The first kappa shape index (κ1) is 5.07. The maximum Gasteiger partial charge on any atom is 0.0938 e. The molecule has 2 saturated heterocycles. The zero-order chi connectivity index (χ0) is 5.61. The first-order valence-corrected chi connectivity index (χ1v) is 3.63. The normalized spacial score (nSPS) is 52.9. The lowest BCUT2D eigenvalue weighted by Gasteiger charge is -2.15. The van der Waals surface area contributed by atoms with Gasteiger partial charge in [0.25, 0.3) is 0 Å². The lowest BCUT2D eigenvalue weighted by molar-refractivity contribution is 0.534. The van der Waals surface area contributed by atoms with Crippen molar-refractivity contribution >= 4 is 11.6 Å². The monoisotopic (exact) mass is 131 g/mol. The van der Waals surface area contributed by atoms with Gasteiger partial charge in [0, 0.05) is 6.04 Å². The van der Waals surface area contributed by atoms with Crippen molar-refractivity contribution in [3.8, 4) is 0 Å². The average Bonchev–Trinajstić information content (AvgIpc) is 2.21. The largest absolute Gasteiger partial charge is 0.296 e. The molecule has 2 heteroatoms. The molecule has 0 saturated carbocycles. The lowest BCUT2D eigenvalue weighted by Crippen LogP contribution is -2.28. The van der Waals surface area contributed by atoms with Crippen LogP contribution in [0, 0.1) is 0 Å². The first-order valence-electron chi connectivity index (χ1n) is 3.25. The highest BCUT2D eigenvalue weighted by Crippen LogP contribution is 2.39. The average molecular weight is 132 g/mol. The highest BCUT2D eigenvalue weighted by Gasteiger charge is 2.42. The molecule has 2 fully saturated rings. The van der Waals surface area contributed by atoms with Crippen LogP contribution in [0.1, 0.15) is 25.7 Å². The highest BCUT2D eigenvalue weighted by atomic mass is 35.5. The van der Waals surface area contributed by atoms with E-state index in [4.69, 9.17) is 11.6 Å². The Morgan fingerprint density at radius 1 is 1.38 bits per heavy atom. The zero-order valence-corrected chi connectivity index (χ0v) is 5.54. The molecule has 1 N–H and O–H groups in total. The zero-order valence-electron chi connectivity index (χ0n) is 4.78. The molecule has 2 heterocycles. The van der Waals surface area contributed by atoms with Crippen LogP contribution in [0.15, 0.2) is 0 Å². The molecule has 2 aliphatic heterocycles. The van der Waals surface area contributed by atoms with Crippen LogP contribution in [0.3, 0.4) is 0 Å². The van der Waals surface area contributed by atoms with E-state index in [9.17, 15) is 0 Å². The summed E-state index contributed by atoms with van der Waals surface area (Å²) in [5.74, 6) is 0. The van der Waals surface area contributed by atoms with E-state index in [1.807, 2.05) is 0 Å². The number of fused-ring (bicyclic) bond motifs is 2. The van der Waals surface area contributed by atoms with Crippen LogP contribution in [-0.2, 0) is 0 Å². The summed E-state index contributed by atoms with van der Waals surface area (Å²) in [6.45, 7) is 0. The maximum atomic E-state index is 6.09. The molecule has 2 bridgehead atoms. The molecule has 0 unspecified atom stereocenters. The second-order valence-electron chi connectivity index (χ2n) is 2.88. The van der Waals surface area contributed by atoms with Gasteiger partial charge in [0.15, 0.2) is 0 Å². The second-order valence-corrected chi connectivity index (χ2v) is 3.61. The first-order chi connectivity index (χ1) is 3.79. The van der Waals surface area contributed by atoms with Crippen molar-refractivity contribution in [3.63, 3.8) is 0 Å². The number of alkyl halides is 1. The van der Waals surface area contributed by atoms with Gasteiger partial charge < -0.3 is 0 Å². The van der Waals surface area contributed by atoms with Gasteiger partial charge in [-0.15, -0.1) is 11.6 Å². The van der Waals surface area contributed by atoms with E-state index in [-0.39, 0.29) is 5.00 Å². The van der Waals surface area contributed by atoms with Crippen molar-refractivity contribution in [3.05, 3.63) is 0 Å². The fraction of sp³-hybridized carbons (Fsp3) is 1.00. The smallest absolute Gasteiger partial charge is 0.0938 e. The molecular weight excluding hydrogens is 122 g/mol. The molecule has 1 nitrogen and oxygen atoms in total. The molecule has 2 aliphatic rings. The Kier molecular flexibility index (Phi) is 0.884. The molecule has 0 radical (unpaired) electrons. The molecule has 46 valence electrons. The van der Waals surface area contributed by atoms with E-state index in [1.165, 1.54) is 25.7 Å². The van der Waals surface area contributed by atoms with Crippen molar-refractivity contribution in [2.75, 3.05) is 0 Å². The minimum absolute atomic E-state index is 0.0324. The van der Waals surface area contributed by atoms with Gasteiger partial charge in [-0.25, -0.2) is 0 Å². The summed E-state index contributed by atoms with van der Waals surface area (Å²) in [6, 6.07) is 0.757. The Labute approximate surface area is 54.4 Å². The van der Waals surface area contributed by atoms with Crippen molar-refractivity contribution < 1.29 is 0 Å². The van der Waals surface area contributed by atoms with Crippen molar-refractivity contribution in [1.29, 1.82) is 0 Å². The van der Waals surface area contributed by atoms with Gasteiger partial charge in [-0.05, 0) is 25.7 Å². The molecule has 0 amide bonds. The Morgan fingerprint density at radius 3 is 2.12 bits per heavy atom. The number of hydrogen-bond donors (Lipinski definition) is 1. The van der Waals surface area contributed by atoms with E-state index in [0.29, 0.717) is 0 Å². The summed E-state index contributed by atoms with van der Waals surface area (Å²) >= 11 is 6.09. The Morgan fingerprint density at radius 2 is 2.00 bits per heavy atom. The molecular formula is C6H10ClN. The molecule has 0 spiro atoms. The quantitative estimate of drug-likeness (QED) is 0.388. The minimum Gasteiger partial charge on any atom is -0.296 e. The van der Waals surface area contributed by atoms with Gasteiger partial charge >= 0.3 is 0 Å². The summed E-state index contributed by atoms with van der Waals surface area (Å²) in [5, 5.41) is 3.37. The van der Waals surface area contributed by atoms with Crippen molar-refractivity contribution in [1.82, 2.24) is 5.32 Å². The van der Waals surface area contributed by atoms with Gasteiger partial charge in [0.2, 0.25) is 0 Å². The van der Waals surface area contributed by atoms with Crippen LogP contribution in [0.4, 0.5) is 0 Å². The van der Waals surface area contributed by atoms with E-state index in [1.54, 1.807) is 0 Å². The van der Waals surface area contributed by atoms with E-state index >= 15 is 0 Å². The maximum absolute atomic E-state index is 6.09. The molecule has 8 heavy (non-hydrogen) atoms. The number of halogens is 1. The molecule has 0 aromatic rings. The second kappa shape index (κ2) is 1.39. The molecule has 0 atom stereocenters. The standard InChI is InChI=1S/C6H10ClN/c7-6-3-1-5(8-6)2-4-6/h5,8H,1-4H2. The summed E-state index contributed by atoms with van der Waals surface area (Å²) in [7, 11) is 0. The van der Waals surface area contributed by atoms with Gasteiger partial charge in [-0.1, -0.05) is 0 Å². The van der Waals surface area contributed by atoms with Gasteiger partial charge in [0.1, 0.15) is 0 Å². The van der Waals surface area contributed by atoms with E-state index in [2.05, 4.69) is 5.32 Å². The molecule has 0 aliphatic carbocycles. The Bertz CT molecular complexity index is 105. The third kappa shape index (κ3) is 0.579. The summed E-state index contributed by atoms with van der Waals surface area (Å²) in [5.41, 5.74) is 0. The summed E-state index contributed by atoms with van der Waals surface area (Å²) < 4.78 is 0. The van der Waals surface area contributed by atoms with E-state index < -0.39 is 0 Å². The number of hydrogen-bond acceptors (Lipinski definition) is 1. The lowest BCUT2D eigenvalue weighted by atomic mass is 10.0. The van der Waals surface area contributed by atoms with Crippen LogP contribution < -0.4 is 5.32 Å². The highest BCUT2D eigenvalue weighted by molar-refractivity contribution is 6.24. The van der Waals surface area contributed by atoms with Crippen molar-refractivity contribution in [2.45, 2.75) is 36.7 Å². The van der Waals surface area contributed by atoms with Gasteiger partial charge in [-0.2, -0.15) is 0 Å². The molecule has 0 aromatic heterocycles. The topological polar surface area (TPSA) is 12.0 Å². The molecule has 0 aromatic carbocycles. The van der Waals surface area contributed by atoms with Crippen LogP contribution in [0.5, 0.6) is 0 Å². The summed E-state index contributed by atoms with van der Waals surface area (Å²) in [6.07, 6.45) is 4.95. The fourth-order valence-electron chi connectivity index (χ4n) is 1.73. The molecule has 2 rings (SSSR count). The number of nitrogens with one attached hydrogen (secondary N) is 1. The SMILES string of the molecule is ClC12CCC(CC1)N2. The predicted molar refractivity (Wildman–Crippen MR) is 34.0 cm³/mol. The van der Waals surface area contributed by atoms with Gasteiger partial charge in [-0.3, -0.25) is 5.32 Å². The van der Waals surface area contributed by atoms with Crippen LogP contribution in [-0.4, -0.2) is 11.0 Å². The Balaban J connectivity index is 2.19.